The molecule has 3 nitrogen and oxygen atoms in total. The highest BCUT2D eigenvalue weighted by atomic mass is 16.2. The van der Waals surface area contributed by atoms with Gasteiger partial charge in [0.05, 0.1) is 0 Å². The molecule has 3 heteroatoms. The fraction of sp³-hybridized carbons (Fsp3) is 1.00. The van der Waals surface area contributed by atoms with Gasteiger partial charge >= 0.3 is 0 Å². The van der Waals surface area contributed by atoms with Crippen molar-refractivity contribution in [1.29, 1.82) is 0 Å². The number of hydrogen-bond donors (Lipinski definition) is 2. The van der Waals surface area contributed by atoms with Gasteiger partial charge in [0.1, 0.15) is 0 Å². The van der Waals surface area contributed by atoms with Crippen molar-refractivity contribution in [3.8, 4) is 0 Å². The van der Waals surface area contributed by atoms with Crippen LogP contribution in [-0.2, 0) is 0 Å². The Kier molecular flexibility index (Phi) is 31.4. The molecule has 0 heterocycles. The third kappa shape index (κ3) is 24.9. The number of rotatable bonds is 17. The van der Waals surface area contributed by atoms with Gasteiger partial charge in [-0.2, -0.15) is 0 Å². The van der Waals surface area contributed by atoms with E-state index in [4.69, 9.17) is 5.11 Å². The van der Waals surface area contributed by atoms with Gasteiger partial charge in [0.25, 0.3) is 0 Å². The van der Waals surface area contributed by atoms with Crippen LogP contribution >= 0.6 is 0 Å². The molecule has 0 atom stereocenters. The molecule has 0 unspecified atom stereocenters. The Balaban J connectivity index is -0.00000180. The quantitative estimate of drug-likeness (QED) is 0.324. The number of hydrogen-bond acceptors (Lipinski definition) is 2. The molecule has 0 aromatic heterocycles. The third-order valence-corrected chi connectivity index (χ3v) is 4.26. The maximum absolute atomic E-state index is 8.68. The minimum Gasteiger partial charge on any atom is -0.412 e. The van der Waals surface area contributed by atoms with Crippen molar-refractivity contribution in [1.82, 2.24) is 6.15 Å². The summed E-state index contributed by atoms with van der Waals surface area (Å²) >= 11 is 0. The normalized spacial score (nSPS) is 10.1. The zero-order chi connectivity index (χ0) is 14.7. The SMILES string of the molecule is CCCCCCCCCCCCCCCCCCCO.N.O. The summed E-state index contributed by atoms with van der Waals surface area (Å²) < 4.78 is 0. The molecular weight excluding hydrogens is 274 g/mol. The lowest BCUT2D eigenvalue weighted by atomic mass is 10.0. The summed E-state index contributed by atoms with van der Waals surface area (Å²) in [5.74, 6) is 0. The molecule has 0 saturated carbocycles. The predicted octanol–water partition coefficient (Wildman–Crippen LogP) is 5.97. The zero-order valence-electron chi connectivity index (χ0n) is 15.4. The van der Waals surface area contributed by atoms with E-state index in [-0.39, 0.29) is 11.6 Å². The van der Waals surface area contributed by atoms with Crippen molar-refractivity contribution in [3.05, 3.63) is 0 Å². The second kappa shape index (κ2) is 25.8. The molecule has 0 fully saturated rings. The van der Waals surface area contributed by atoms with Crippen LogP contribution in [0.5, 0.6) is 0 Å². The lowest BCUT2D eigenvalue weighted by molar-refractivity contribution is 0.282. The average Bonchev–Trinajstić information content (AvgIpc) is 2.47. The number of aliphatic hydroxyl groups is 1. The molecule has 0 aromatic rings. The molecule has 0 amide bonds. The first-order chi connectivity index (χ1) is 9.91. The van der Waals surface area contributed by atoms with Gasteiger partial charge in [-0.1, -0.05) is 110 Å². The lowest BCUT2D eigenvalue weighted by Crippen LogP contribution is -1.85. The standard InChI is InChI=1S/C19H40O.H3N.H2O/c1-2-3-4-5-6-7-8-9-10-11-12-13-14-15-16-17-18-19-20;;/h20H,2-19H2,1H3;1H3;1H2. The Morgan fingerprint density at radius 1 is 0.455 bits per heavy atom. The van der Waals surface area contributed by atoms with Crippen molar-refractivity contribution < 1.29 is 10.6 Å². The first-order valence-corrected chi connectivity index (χ1v) is 9.52. The van der Waals surface area contributed by atoms with Crippen LogP contribution in [0.3, 0.4) is 0 Å². The minimum absolute atomic E-state index is 0. The van der Waals surface area contributed by atoms with E-state index in [1.54, 1.807) is 0 Å². The molecule has 22 heavy (non-hydrogen) atoms. The molecule has 0 bridgehead atoms. The van der Waals surface area contributed by atoms with Gasteiger partial charge in [-0.05, 0) is 6.42 Å². The van der Waals surface area contributed by atoms with Crippen molar-refractivity contribution in [2.24, 2.45) is 0 Å². The molecule has 0 aliphatic rings. The Labute approximate surface area is 140 Å². The van der Waals surface area contributed by atoms with Crippen LogP contribution in [0.4, 0.5) is 0 Å². The molecule has 0 rings (SSSR count). The van der Waals surface area contributed by atoms with E-state index < -0.39 is 0 Å². The smallest absolute Gasteiger partial charge is 0.0431 e. The highest BCUT2D eigenvalue weighted by Crippen LogP contribution is 2.13. The Morgan fingerprint density at radius 3 is 0.909 bits per heavy atom. The van der Waals surface area contributed by atoms with E-state index in [1.165, 1.54) is 103 Å². The Bertz CT molecular complexity index is 148. The first kappa shape index (κ1) is 26.8. The van der Waals surface area contributed by atoms with Crippen LogP contribution in [0.1, 0.15) is 116 Å². The van der Waals surface area contributed by atoms with Crippen LogP contribution < -0.4 is 6.15 Å². The molecule has 0 radical (unpaired) electrons. The Morgan fingerprint density at radius 2 is 0.682 bits per heavy atom. The van der Waals surface area contributed by atoms with Crippen LogP contribution in [0.15, 0.2) is 0 Å². The molecule has 0 aliphatic carbocycles. The van der Waals surface area contributed by atoms with E-state index in [0.717, 1.165) is 6.42 Å². The van der Waals surface area contributed by atoms with E-state index in [9.17, 15) is 0 Å². The summed E-state index contributed by atoms with van der Waals surface area (Å²) in [6.07, 6.45) is 23.7. The summed E-state index contributed by atoms with van der Waals surface area (Å²) in [5, 5.41) is 8.68. The average molecular weight is 320 g/mol. The van der Waals surface area contributed by atoms with E-state index >= 15 is 0 Å². The van der Waals surface area contributed by atoms with E-state index in [1.807, 2.05) is 0 Å². The molecule has 0 aromatic carbocycles. The zero-order valence-corrected chi connectivity index (χ0v) is 15.4. The summed E-state index contributed by atoms with van der Waals surface area (Å²) in [5.41, 5.74) is 0. The lowest BCUT2D eigenvalue weighted by Gasteiger charge is -2.03. The monoisotopic (exact) mass is 319 g/mol. The maximum atomic E-state index is 8.68. The van der Waals surface area contributed by atoms with Crippen molar-refractivity contribution >= 4 is 0 Å². The summed E-state index contributed by atoms with van der Waals surface area (Å²) in [7, 11) is 0. The maximum Gasteiger partial charge on any atom is 0.0431 e. The van der Waals surface area contributed by atoms with Crippen LogP contribution in [0, 0.1) is 0 Å². The largest absolute Gasteiger partial charge is 0.412 e. The minimum atomic E-state index is 0. The molecular formula is C19H45NO2. The summed E-state index contributed by atoms with van der Waals surface area (Å²) in [6.45, 7) is 2.66. The molecule has 138 valence electrons. The highest BCUT2D eigenvalue weighted by Gasteiger charge is 1.94. The third-order valence-electron chi connectivity index (χ3n) is 4.26. The first-order valence-electron chi connectivity index (χ1n) is 9.52. The summed E-state index contributed by atoms with van der Waals surface area (Å²) in [4.78, 5) is 0. The van der Waals surface area contributed by atoms with Gasteiger partial charge < -0.3 is 16.7 Å². The Hall–Kier alpha value is -0.120. The van der Waals surface area contributed by atoms with Crippen molar-refractivity contribution in [2.75, 3.05) is 6.61 Å². The number of unbranched alkanes of at least 4 members (excludes halogenated alkanes) is 16. The van der Waals surface area contributed by atoms with Gasteiger partial charge in [0, 0.05) is 6.61 Å². The van der Waals surface area contributed by atoms with Gasteiger partial charge in [0.2, 0.25) is 0 Å². The van der Waals surface area contributed by atoms with Gasteiger partial charge in [-0.15, -0.1) is 0 Å². The molecule has 0 saturated heterocycles. The predicted molar refractivity (Wildman–Crippen MR) is 99.9 cm³/mol. The summed E-state index contributed by atoms with van der Waals surface area (Å²) in [6, 6.07) is 0. The van der Waals surface area contributed by atoms with Crippen LogP contribution in [0.2, 0.25) is 0 Å². The van der Waals surface area contributed by atoms with Gasteiger partial charge in [0.15, 0.2) is 0 Å². The topological polar surface area (TPSA) is 86.7 Å². The number of aliphatic hydroxyl groups excluding tert-OH is 1. The molecule has 6 N–H and O–H groups in total. The van der Waals surface area contributed by atoms with E-state index in [2.05, 4.69) is 6.92 Å². The molecule has 0 aliphatic heterocycles. The van der Waals surface area contributed by atoms with Crippen molar-refractivity contribution in [2.45, 2.75) is 116 Å². The molecule has 0 spiro atoms. The van der Waals surface area contributed by atoms with Crippen LogP contribution in [-0.4, -0.2) is 17.2 Å². The van der Waals surface area contributed by atoms with Gasteiger partial charge in [-0.25, -0.2) is 0 Å². The highest BCUT2D eigenvalue weighted by molar-refractivity contribution is 4.49. The second-order valence-electron chi connectivity index (χ2n) is 6.38. The van der Waals surface area contributed by atoms with E-state index in [0.29, 0.717) is 6.61 Å². The van der Waals surface area contributed by atoms with Crippen molar-refractivity contribution in [3.63, 3.8) is 0 Å². The fourth-order valence-electron chi connectivity index (χ4n) is 2.84. The van der Waals surface area contributed by atoms with Crippen LogP contribution in [0.25, 0.3) is 0 Å². The van der Waals surface area contributed by atoms with Gasteiger partial charge in [-0.3, -0.25) is 0 Å². The second-order valence-corrected chi connectivity index (χ2v) is 6.38. The fourth-order valence-corrected chi connectivity index (χ4v) is 2.84.